The molecular formula is C13H18O9. The number of carbonyl (C=O) groups excluding carboxylic acids is 4. The summed E-state index contributed by atoms with van der Waals surface area (Å²) >= 11 is 0. The van der Waals surface area contributed by atoms with Crippen molar-refractivity contribution < 1.29 is 42.9 Å². The quantitative estimate of drug-likeness (QED) is 0.358. The van der Waals surface area contributed by atoms with Crippen LogP contribution in [0.5, 0.6) is 0 Å². The molecule has 1 aliphatic heterocycles. The molecule has 1 fully saturated rings. The number of aldehydes is 1. The first-order valence-electron chi connectivity index (χ1n) is 6.53. The maximum atomic E-state index is 11.3. The molecule has 1 aliphatic rings. The molecule has 0 amide bonds. The summed E-state index contributed by atoms with van der Waals surface area (Å²) in [5.74, 6) is -1.94. The van der Waals surface area contributed by atoms with Crippen LogP contribution in [-0.4, -0.2) is 62.0 Å². The van der Waals surface area contributed by atoms with Crippen molar-refractivity contribution in [1.82, 2.24) is 0 Å². The van der Waals surface area contributed by atoms with E-state index in [-0.39, 0.29) is 13.2 Å². The molecule has 0 bridgehead atoms. The number of esters is 3. The van der Waals surface area contributed by atoms with Crippen LogP contribution in [0.25, 0.3) is 0 Å². The number of hydrogen-bond acceptors (Lipinski definition) is 9. The number of ether oxygens (including phenoxy) is 5. The van der Waals surface area contributed by atoms with Gasteiger partial charge in [-0.15, -0.1) is 0 Å². The Labute approximate surface area is 126 Å². The normalized spacial score (nSPS) is 27.6. The van der Waals surface area contributed by atoms with Crippen LogP contribution in [0.3, 0.4) is 0 Å². The summed E-state index contributed by atoms with van der Waals surface area (Å²) in [5.41, 5.74) is 0. The van der Waals surface area contributed by atoms with Crippen LogP contribution in [-0.2, 0) is 42.9 Å². The van der Waals surface area contributed by atoms with Gasteiger partial charge in [-0.25, -0.2) is 0 Å². The molecule has 0 aliphatic carbocycles. The van der Waals surface area contributed by atoms with Gasteiger partial charge in [0.15, 0.2) is 24.6 Å². The summed E-state index contributed by atoms with van der Waals surface area (Å²) in [6.07, 6.45) is -3.85. The largest absolute Gasteiger partial charge is 0.456 e. The first-order valence-corrected chi connectivity index (χ1v) is 6.53. The van der Waals surface area contributed by atoms with Gasteiger partial charge in [-0.1, -0.05) is 0 Å². The molecule has 0 aromatic heterocycles. The van der Waals surface area contributed by atoms with Gasteiger partial charge in [-0.3, -0.25) is 14.4 Å². The van der Waals surface area contributed by atoms with Crippen molar-refractivity contribution in [3.63, 3.8) is 0 Å². The summed E-state index contributed by atoms with van der Waals surface area (Å²) in [6, 6.07) is 0. The van der Waals surface area contributed by atoms with Crippen LogP contribution in [0, 0.1) is 0 Å². The second-order valence-corrected chi connectivity index (χ2v) is 4.50. The molecule has 0 saturated carbocycles. The minimum Gasteiger partial charge on any atom is -0.456 e. The Kier molecular flexibility index (Phi) is 6.93. The van der Waals surface area contributed by atoms with E-state index in [9.17, 15) is 19.2 Å². The van der Waals surface area contributed by atoms with Gasteiger partial charge >= 0.3 is 17.9 Å². The zero-order chi connectivity index (χ0) is 16.7. The van der Waals surface area contributed by atoms with Crippen molar-refractivity contribution in [1.29, 1.82) is 0 Å². The minimum atomic E-state index is -1.17. The molecule has 0 unspecified atom stereocenters. The fourth-order valence-electron chi connectivity index (χ4n) is 1.99. The highest BCUT2D eigenvalue weighted by molar-refractivity contribution is 5.68. The molecular weight excluding hydrogens is 300 g/mol. The zero-order valence-electron chi connectivity index (χ0n) is 12.5. The Bertz CT molecular complexity index is 433. The maximum absolute atomic E-state index is 11.3. The van der Waals surface area contributed by atoms with Crippen LogP contribution in [0.15, 0.2) is 0 Å². The Morgan fingerprint density at radius 2 is 1.55 bits per heavy atom. The van der Waals surface area contributed by atoms with Gasteiger partial charge in [0.25, 0.3) is 0 Å². The van der Waals surface area contributed by atoms with Gasteiger partial charge in [0.1, 0.15) is 12.9 Å². The number of hydrogen-bond donors (Lipinski definition) is 0. The standard InChI is InChI=1S/C13H18O9/c1-7(15)20-10-6-19-13(18-5-4-14)12(22-9(3)17)11(10)21-8(2)16/h4,10-13H,5-6H2,1-3H3/t10-,11+,12-,13-/m1/s1. The molecule has 1 rings (SSSR count). The van der Waals surface area contributed by atoms with Crippen LogP contribution in [0.2, 0.25) is 0 Å². The van der Waals surface area contributed by atoms with Gasteiger partial charge in [-0.05, 0) is 0 Å². The first-order chi connectivity index (χ1) is 10.3. The molecule has 124 valence electrons. The van der Waals surface area contributed by atoms with Crippen molar-refractivity contribution in [3.05, 3.63) is 0 Å². The molecule has 22 heavy (non-hydrogen) atoms. The van der Waals surface area contributed by atoms with E-state index in [4.69, 9.17) is 23.7 Å². The van der Waals surface area contributed by atoms with Crippen molar-refractivity contribution in [2.24, 2.45) is 0 Å². The number of carbonyl (C=O) groups is 4. The highest BCUT2D eigenvalue weighted by atomic mass is 16.7. The van der Waals surface area contributed by atoms with Crippen molar-refractivity contribution in [2.45, 2.75) is 45.4 Å². The third-order valence-electron chi connectivity index (χ3n) is 2.63. The highest BCUT2D eigenvalue weighted by Gasteiger charge is 2.47. The van der Waals surface area contributed by atoms with Crippen molar-refractivity contribution >= 4 is 24.2 Å². The molecule has 0 aromatic rings. The van der Waals surface area contributed by atoms with E-state index in [1.165, 1.54) is 6.92 Å². The van der Waals surface area contributed by atoms with Gasteiger partial charge < -0.3 is 28.5 Å². The monoisotopic (exact) mass is 318 g/mol. The maximum Gasteiger partial charge on any atom is 0.303 e. The summed E-state index contributed by atoms with van der Waals surface area (Å²) in [6.45, 7) is 3.05. The lowest BCUT2D eigenvalue weighted by atomic mass is 10.0. The Balaban J connectivity index is 2.97. The van der Waals surface area contributed by atoms with E-state index in [1.807, 2.05) is 0 Å². The zero-order valence-corrected chi connectivity index (χ0v) is 12.5. The molecule has 0 spiro atoms. The highest BCUT2D eigenvalue weighted by Crippen LogP contribution is 2.25. The average molecular weight is 318 g/mol. The molecule has 1 heterocycles. The van der Waals surface area contributed by atoms with Gasteiger partial charge in [-0.2, -0.15) is 0 Å². The van der Waals surface area contributed by atoms with E-state index in [0.717, 1.165) is 13.8 Å². The van der Waals surface area contributed by atoms with Crippen molar-refractivity contribution in [3.8, 4) is 0 Å². The summed E-state index contributed by atoms with van der Waals surface area (Å²) in [4.78, 5) is 44.0. The molecule has 9 heteroatoms. The second-order valence-electron chi connectivity index (χ2n) is 4.50. The summed E-state index contributed by atoms with van der Waals surface area (Å²) < 4.78 is 25.6. The Morgan fingerprint density at radius 3 is 2.05 bits per heavy atom. The smallest absolute Gasteiger partial charge is 0.303 e. The van der Waals surface area contributed by atoms with E-state index in [1.54, 1.807) is 0 Å². The van der Waals surface area contributed by atoms with Crippen molar-refractivity contribution in [2.75, 3.05) is 13.2 Å². The molecule has 0 N–H and O–H groups in total. The average Bonchev–Trinajstić information content (AvgIpc) is 2.40. The molecule has 0 aromatic carbocycles. The van der Waals surface area contributed by atoms with Gasteiger partial charge in [0.2, 0.25) is 0 Å². The number of rotatable bonds is 6. The van der Waals surface area contributed by atoms with Gasteiger partial charge in [0, 0.05) is 20.8 Å². The van der Waals surface area contributed by atoms with Crippen LogP contribution in [0.1, 0.15) is 20.8 Å². The fraction of sp³-hybridized carbons (Fsp3) is 0.692. The lowest BCUT2D eigenvalue weighted by molar-refractivity contribution is -0.278. The third kappa shape index (κ3) is 5.41. The predicted molar refractivity (Wildman–Crippen MR) is 68.4 cm³/mol. The van der Waals surface area contributed by atoms with Crippen LogP contribution < -0.4 is 0 Å². The SMILES string of the molecule is CC(=O)O[C@@H]1[C@@H](OC(C)=O)[C@H](OCC=O)OC[C@H]1OC(C)=O. The molecule has 9 nitrogen and oxygen atoms in total. The van der Waals surface area contributed by atoms with Crippen LogP contribution in [0.4, 0.5) is 0 Å². The Hall–Kier alpha value is -2.00. The van der Waals surface area contributed by atoms with Gasteiger partial charge in [0.05, 0.1) is 6.61 Å². The summed E-state index contributed by atoms with van der Waals surface area (Å²) in [5, 5.41) is 0. The summed E-state index contributed by atoms with van der Waals surface area (Å²) in [7, 11) is 0. The second kappa shape index (κ2) is 8.44. The minimum absolute atomic E-state index is 0.140. The van der Waals surface area contributed by atoms with E-state index in [2.05, 4.69) is 0 Å². The Morgan fingerprint density at radius 1 is 1.00 bits per heavy atom. The molecule has 1 saturated heterocycles. The fourth-order valence-corrected chi connectivity index (χ4v) is 1.99. The first kappa shape index (κ1) is 18.1. The molecule has 0 radical (unpaired) electrons. The topological polar surface area (TPSA) is 114 Å². The third-order valence-corrected chi connectivity index (χ3v) is 2.63. The van der Waals surface area contributed by atoms with Crippen LogP contribution >= 0.6 is 0 Å². The van der Waals surface area contributed by atoms with E-state index in [0.29, 0.717) is 6.29 Å². The lowest BCUT2D eigenvalue weighted by Gasteiger charge is -2.39. The predicted octanol–water partition coefficient (Wildman–Crippen LogP) is -0.647. The lowest BCUT2D eigenvalue weighted by Crippen LogP contribution is -2.58. The van der Waals surface area contributed by atoms with E-state index >= 15 is 0 Å². The van der Waals surface area contributed by atoms with E-state index < -0.39 is 42.5 Å². The molecule has 4 atom stereocenters.